The van der Waals surface area contributed by atoms with Gasteiger partial charge in [0.25, 0.3) is 5.91 Å². The van der Waals surface area contributed by atoms with Crippen molar-refractivity contribution < 1.29 is 14.7 Å². The van der Waals surface area contributed by atoms with Crippen LogP contribution in [0.15, 0.2) is 30.3 Å². The molecule has 0 aromatic carbocycles. The van der Waals surface area contributed by atoms with Gasteiger partial charge in [-0.2, -0.15) is 0 Å². The van der Waals surface area contributed by atoms with E-state index in [1.165, 1.54) is 11.3 Å². The van der Waals surface area contributed by atoms with Gasteiger partial charge in [0.05, 0.1) is 5.56 Å². The van der Waals surface area contributed by atoms with E-state index in [4.69, 9.17) is 0 Å². The van der Waals surface area contributed by atoms with Crippen LogP contribution < -0.4 is 5.32 Å². The molecule has 122 valence electrons. The molecule has 2 N–H and O–H groups in total. The molecule has 7 heteroatoms. The standard InChI is InChI=1S/C16H19N3O3S/c1-4-5-6-13(15(21)22)18-14(20)12-9-10(2)19(11(12)3)16-17-7-8-23-16/h4,7-9,13H,1,5-6H2,2-3H3,(H,18,20)(H,21,22). The molecule has 2 heterocycles. The van der Waals surface area contributed by atoms with Gasteiger partial charge in [-0.15, -0.1) is 17.9 Å². The van der Waals surface area contributed by atoms with Crippen molar-refractivity contribution in [1.82, 2.24) is 14.9 Å². The maximum absolute atomic E-state index is 12.4. The number of hydrogen-bond acceptors (Lipinski definition) is 4. The smallest absolute Gasteiger partial charge is 0.326 e. The van der Waals surface area contributed by atoms with Crippen molar-refractivity contribution in [3.63, 3.8) is 0 Å². The van der Waals surface area contributed by atoms with E-state index in [1.807, 2.05) is 23.8 Å². The molecule has 0 saturated carbocycles. The first-order valence-corrected chi connectivity index (χ1v) is 8.07. The Morgan fingerprint density at radius 1 is 1.52 bits per heavy atom. The number of carboxylic acid groups (broad SMARTS) is 1. The number of carbonyl (C=O) groups is 2. The molecule has 1 unspecified atom stereocenters. The third-order valence-electron chi connectivity index (χ3n) is 3.55. The van der Waals surface area contributed by atoms with Crippen LogP contribution in [0.2, 0.25) is 0 Å². The number of hydrogen-bond donors (Lipinski definition) is 2. The predicted octanol–water partition coefficient (Wildman–Crippen LogP) is 2.70. The van der Waals surface area contributed by atoms with Gasteiger partial charge in [-0.25, -0.2) is 9.78 Å². The second-order valence-electron chi connectivity index (χ2n) is 5.17. The van der Waals surface area contributed by atoms with Gasteiger partial charge in [0.2, 0.25) is 0 Å². The third kappa shape index (κ3) is 3.68. The summed E-state index contributed by atoms with van der Waals surface area (Å²) in [5, 5.41) is 14.4. The molecule has 2 aromatic rings. The van der Waals surface area contributed by atoms with E-state index in [0.717, 1.165) is 16.5 Å². The van der Waals surface area contributed by atoms with Crippen molar-refractivity contribution in [2.45, 2.75) is 32.7 Å². The van der Waals surface area contributed by atoms with E-state index in [9.17, 15) is 14.7 Å². The summed E-state index contributed by atoms with van der Waals surface area (Å²) in [4.78, 5) is 28.0. The number of aromatic nitrogens is 2. The van der Waals surface area contributed by atoms with E-state index in [0.29, 0.717) is 18.4 Å². The summed E-state index contributed by atoms with van der Waals surface area (Å²) in [6.07, 6.45) is 4.18. The van der Waals surface area contributed by atoms with Gasteiger partial charge < -0.3 is 10.4 Å². The maximum Gasteiger partial charge on any atom is 0.326 e. The van der Waals surface area contributed by atoms with Crippen LogP contribution >= 0.6 is 11.3 Å². The first-order valence-electron chi connectivity index (χ1n) is 7.19. The Morgan fingerprint density at radius 3 is 2.83 bits per heavy atom. The minimum absolute atomic E-state index is 0.315. The largest absolute Gasteiger partial charge is 0.480 e. The molecule has 0 spiro atoms. The highest BCUT2D eigenvalue weighted by atomic mass is 32.1. The molecule has 1 atom stereocenters. The lowest BCUT2D eigenvalue weighted by Crippen LogP contribution is -2.40. The van der Waals surface area contributed by atoms with Crippen molar-refractivity contribution in [3.8, 4) is 5.13 Å². The Bertz CT molecular complexity index is 719. The zero-order valence-corrected chi connectivity index (χ0v) is 13.9. The molecule has 0 radical (unpaired) electrons. The Hall–Kier alpha value is -2.41. The highest BCUT2D eigenvalue weighted by molar-refractivity contribution is 7.12. The van der Waals surface area contributed by atoms with Crippen LogP contribution in [0.4, 0.5) is 0 Å². The number of aryl methyl sites for hydroxylation is 1. The molecule has 0 fully saturated rings. The summed E-state index contributed by atoms with van der Waals surface area (Å²) in [6.45, 7) is 7.28. The number of allylic oxidation sites excluding steroid dienone is 1. The van der Waals surface area contributed by atoms with E-state index in [1.54, 1.807) is 18.3 Å². The monoisotopic (exact) mass is 333 g/mol. The topological polar surface area (TPSA) is 84.2 Å². The van der Waals surface area contributed by atoms with Crippen molar-refractivity contribution in [2.75, 3.05) is 0 Å². The van der Waals surface area contributed by atoms with Gasteiger partial charge in [-0.3, -0.25) is 9.36 Å². The molecule has 0 saturated heterocycles. The number of aliphatic carboxylic acids is 1. The molecule has 23 heavy (non-hydrogen) atoms. The first-order chi connectivity index (χ1) is 11.0. The van der Waals surface area contributed by atoms with Gasteiger partial charge in [0.1, 0.15) is 6.04 Å². The fourth-order valence-corrected chi connectivity index (χ4v) is 3.14. The van der Waals surface area contributed by atoms with Crippen LogP contribution in [-0.4, -0.2) is 32.6 Å². The Morgan fingerprint density at radius 2 is 2.26 bits per heavy atom. The minimum Gasteiger partial charge on any atom is -0.480 e. The van der Waals surface area contributed by atoms with E-state index < -0.39 is 17.9 Å². The zero-order chi connectivity index (χ0) is 17.0. The van der Waals surface area contributed by atoms with Crippen molar-refractivity contribution in [2.24, 2.45) is 0 Å². The molecule has 2 rings (SSSR count). The van der Waals surface area contributed by atoms with Gasteiger partial charge in [-0.1, -0.05) is 6.08 Å². The fraction of sp³-hybridized carbons (Fsp3) is 0.312. The number of nitrogens with one attached hydrogen (secondary N) is 1. The Balaban J connectivity index is 2.24. The van der Waals surface area contributed by atoms with Gasteiger partial charge >= 0.3 is 5.97 Å². The second-order valence-corrected chi connectivity index (χ2v) is 6.04. The summed E-state index contributed by atoms with van der Waals surface area (Å²) in [5.41, 5.74) is 2.07. The molecule has 2 aromatic heterocycles. The van der Waals surface area contributed by atoms with Crippen LogP contribution in [0.25, 0.3) is 5.13 Å². The summed E-state index contributed by atoms with van der Waals surface area (Å²) in [7, 11) is 0. The lowest BCUT2D eigenvalue weighted by Gasteiger charge is -2.13. The molecule has 0 aliphatic carbocycles. The minimum atomic E-state index is -1.05. The summed E-state index contributed by atoms with van der Waals surface area (Å²) in [6, 6.07) is 0.821. The van der Waals surface area contributed by atoms with Crippen molar-refractivity contribution in [1.29, 1.82) is 0 Å². The van der Waals surface area contributed by atoms with Crippen LogP contribution in [0, 0.1) is 13.8 Å². The number of rotatable bonds is 7. The fourth-order valence-electron chi connectivity index (χ4n) is 2.39. The van der Waals surface area contributed by atoms with Crippen molar-refractivity contribution in [3.05, 3.63) is 47.2 Å². The molecular weight excluding hydrogens is 314 g/mol. The highest BCUT2D eigenvalue weighted by Gasteiger charge is 2.23. The van der Waals surface area contributed by atoms with Crippen molar-refractivity contribution >= 4 is 23.2 Å². The lowest BCUT2D eigenvalue weighted by molar-refractivity contribution is -0.139. The van der Waals surface area contributed by atoms with Crippen LogP contribution in [0.5, 0.6) is 0 Å². The highest BCUT2D eigenvalue weighted by Crippen LogP contribution is 2.22. The molecule has 0 bridgehead atoms. The number of carbonyl (C=O) groups excluding carboxylic acids is 1. The lowest BCUT2D eigenvalue weighted by atomic mass is 10.1. The van der Waals surface area contributed by atoms with E-state index >= 15 is 0 Å². The van der Waals surface area contributed by atoms with Crippen LogP contribution in [0.3, 0.4) is 0 Å². The molecule has 0 aliphatic rings. The van der Waals surface area contributed by atoms with E-state index in [-0.39, 0.29) is 0 Å². The number of thiazole rings is 1. The maximum atomic E-state index is 12.4. The Kier molecular flexibility index (Phi) is 5.33. The quantitative estimate of drug-likeness (QED) is 0.763. The van der Waals surface area contributed by atoms with Crippen LogP contribution in [0.1, 0.15) is 34.6 Å². The SMILES string of the molecule is C=CCCC(NC(=O)c1cc(C)n(-c2nccs2)c1C)C(=O)O. The number of nitrogens with zero attached hydrogens (tertiary/aromatic N) is 2. The van der Waals surface area contributed by atoms with Gasteiger partial charge in [0.15, 0.2) is 5.13 Å². The number of amides is 1. The molecule has 1 amide bonds. The average Bonchev–Trinajstić information content (AvgIpc) is 3.11. The van der Waals surface area contributed by atoms with Gasteiger partial charge in [0, 0.05) is 23.0 Å². The third-order valence-corrected chi connectivity index (χ3v) is 4.31. The predicted molar refractivity (Wildman–Crippen MR) is 89.2 cm³/mol. The van der Waals surface area contributed by atoms with Crippen LogP contribution in [-0.2, 0) is 4.79 Å². The number of carboxylic acids is 1. The Labute approximate surface area is 138 Å². The summed E-state index contributed by atoms with van der Waals surface area (Å²) >= 11 is 1.47. The second kappa shape index (κ2) is 7.23. The normalized spacial score (nSPS) is 11.9. The molecule has 6 nitrogen and oxygen atoms in total. The molecular formula is C16H19N3O3S. The van der Waals surface area contributed by atoms with Gasteiger partial charge in [-0.05, 0) is 32.8 Å². The summed E-state index contributed by atoms with van der Waals surface area (Å²) in [5.74, 6) is -1.44. The zero-order valence-electron chi connectivity index (χ0n) is 13.1. The van der Waals surface area contributed by atoms with E-state index in [2.05, 4.69) is 16.9 Å². The first kappa shape index (κ1) is 17.0. The summed E-state index contributed by atoms with van der Waals surface area (Å²) < 4.78 is 1.89. The molecule has 0 aliphatic heterocycles. The average molecular weight is 333 g/mol.